The molecule has 1 aromatic heterocycles. The van der Waals surface area contributed by atoms with Crippen LogP contribution >= 0.6 is 0 Å². The zero-order valence-electron chi connectivity index (χ0n) is 17.2. The van der Waals surface area contributed by atoms with Crippen molar-refractivity contribution in [3.8, 4) is 0 Å². The van der Waals surface area contributed by atoms with Gasteiger partial charge in [0.25, 0.3) is 5.91 Å². The molecule has 0 bridgehead atoms. The molecule has 160 valence electrons. The summed E-state index contributed by atoms with van der Waals surface area (Å²) in [5.74, 6) is -0.730. The molecule has 4 amide bonds. The summed E-state index contributed by atoms with van der Waals surface area (Å²) in [6.45, 7) is 3.68. The van der Waals surface area contributed by atoms with Crippen LogP contribution in [-0.2, 0) is 4.79 Å². The SMILES string of the molecule is CC(C)[C@H](NC(=O)Nc1ccccc1)C(=O)Nc1cccc(NC(=O)c2ccco2)c1. The molecule has 0 saturated carbocycles. The maximum absolute atomic E-state index is 12.8. The molecule has 0 saturated heterocycles. The van der Waals surface area contributed by atoms with E-state index in [4.69, 9.17) is 4.42 Å². The monoisotopic (exact) mass is 420 g/mol. The summed E-state index contributed by atoms with van der Waals surface area (Å²) in [4.78, 5) is 37.3. The minimum atomic E-state index is -0.759. The van der Waals surface area contributed by atoms with Crippen LogP contribution in [0.3, 0.4) is 0 Å². The van der Waals surface area contributed by atoms with Gasteiger partial charge in [-0.05, 0) is 48.4 Å². The predicted octanol–water partition coefficient (Wildman–Crippen LogP) is 4.32. The van der Waals surface area contributed by atoms with Crippen LogP contribution in [0.25, 0.3) is 0 Å². The first-order valence-electron chi connectivity index (χ1n) is 9.80. The fraction of sp³-hybridized carbons (Fsp3) is 0.174. The molecular formula is C23H24N4O4. The van der Waals surface area contributed by atoms with E-state index in [9.17, 15) is 14.4 Å². The van der Waals surface area contributed by atoms with Crippen molar-refractivity contribution in [2.45, 2.75) is 19.9 Å². The number of hydrogen-bond donors (Lipinski definition) is 4. The van der Waals surface area contributed by atoms with Crippen LogP contribution in [0.15, 0.2) is 77.4 Å². The van der Waals surface area contributed by atoms with Crippen LogP contribution in [0.5, 0.6) is 0 Å². The number of hydrogen-bond acceptors (Lipinski definition) is 4. The van der Waals surface area contributed by atoms with E-state index in [2.05, 4.69) is 21.3 Å². The molecule has 3 rings (SSSR count). The van der Waals surface area contributed by atoms with E-state index in [1.165, 1.54) is 6.26 Å². The fourth-order valence-corrected chi connectivity index (χ4v) is 2.86. The molecule has 0 aliphatic carbocycles. The highest BCUT2D eigenvalue weighted by Gasteiger charge is 2.24. The highest BCUT2D eigenvalue weighted by molar-refractivity contribution is 6.03. The third-order valence-corrected chi connectivity index (χ3v) is 4.40. The molecule has 0 radical (unpaired) electrons. The first kappa shape index (κ1) is 21.6. The second-order valence-corrected chi connectivity index (χ2v) is 7.19. The van der Waals surface area contributed by atoms with Gasteiger partial charge in [-0.25, -0.2) is 4.79 Å². The Labute approximate surface area is 180 Å². The van der Waals surface area contributed by atoms with Crippen molar-refractivity contribution >= 4 is 34.9 Å². The van der Waals surface area contributed by atoms with Gasteiger partial charge in [-0.3, -0.25) is 9.59 Å². The zero-order chi connectivity index (χ0) is 22.2. The van der Waals surface area contributed by atoms with Crippen molar-refractivity contribution < 1.29 is 18.8 Å². The smallest absolute Gasteiger partial charge is 0.319 e. The molecule has 8 nitrogen and oxygen atoms in total. The lowest BCUT2D eigenvalue weighted by Gasteiger charge is -2.22. The van der Waals surface area contributed by atoms with Gasteiger partial charge in [0.1, 0.15) is 6.04 Å². The van der Waals surface area contributed by atoms with Crippen LogP contribution in [0.1, 0.15) is 24.4 Å². The summed E-state index contributed by atoms with van der Waals surface area (Å²) >= 11 is 0. The van der Waals surface area contributed by atoms with E-state index in [0.29, 0.717) is 17.1 Å². The quantitative estimate of drug-likeness (QED) is 0.456. The number of benzene rings is 2. The number of carbonyl (C=O) groups excluding carboxylic acids is 3. The van der Waals surface area contributed by atoms with Gasteiger partial charge in [-0.1, -0.05) is 38.1 Å². The number of amides is 4. The highest BCUT2D eigenvalue weighted by Crippen LogP contribution is 2.17. The molecule has 4 N–H and O–H groups in total. The number of para-hydroxylation sites is 1. The van der Waals surface area contributed by atoms with Crippen LogP contribution in [0.4, 0.5) is 21.9 Å². The number of rotatable bonds is 7. The van der Waals surface area contributed by atoms with Gasteiger partial charge < -0.3 is 25.7 Å². The summed E-state index contributed by atoms with van der Waals surface area (Å²) < 4.78 is 5.07. The van der Waals surface area contributed by atoms with E-state index in [1.807, 2.05) is 19.9 Å². The van der Waals surface area contributed by atoms with Gasteiger partial charge in [0.2, 0.25) is 5.91 Å². The summed E-state index contributed by atoms with van der Waals surface area (Å²) in [6, 6.07) is 17.6. The second kappa shape index (κ2) is 10.1. The van der Waals surface area contributed by atoms with Gasteiger partial charge in [-0.15, -0.1) is 0 Å². The lowest BCUT2D eigenvalue weighted by Crippen LogP contribution is -2.48. The lowest BCUT2D eigenvalue weighted by molar-refractivity contribution is -0.118. The maximum atomic E-state index is 12.8. The number of nitrogens with one attached hydrogen (secondary N) is 4. The Hall–Kier alpha value is -4.07. The Morgan fingerprint density at radius 2 is 1.45 bits per heavy atom. The van der Waals surface area contributed by atoms with Crippen molar-refractivity contribution in [3.63, 3.8) is 0 Å². The first-order chi connectivity index (χ1) is 14.9. The topological polar surface area (TPSA) is 112 Å². The second-order valence-electron chi connectivity index (χ2n) is 7.19. The average Bonchev–Trinajstić information content (AvgIpc) is 3.28. The molecule has 3 aromatic rings. The number of anilines is 3. The Morgan fingerprint density at radius 1 is 0.774 bits per heavy atom. The minimum Gasteiger partial charge on any atom is -0.459 e. The molecule has 1 atom stereocenters. The van der Waals surface area contributed by atoms with Gasteiger partial charge in [0.05, 0.1) is 6.26 Å². The van der Waals surface area contributed by atoms with E-state index in [0.717, 1.165) is 0 Å². The largest absolute Gasteiger partial charge is 0.459 e. The Bertz CT molecular complexity index is 1030. The molecule has 8 heteroatoms. The lowest BCUT2D eigenvalue weighted by atomic mass is 10.0. The normalized spacial score (nSPS) is 11.5. The van der Waals surface area contributed by atoms with Gasteiger partial charge >= 0.3 is 6.03 Å². The van der Waals surface area contributed by atoms with Crippen LogP contribution in [0.2, 0.25) is 0 Å². The molecule has 2 aromatic carbocycles. The summed E-state index contributed by atoms with van der Waals surface area (Å²) in [5, 5.41) is 10.9. The van der Waals surface area contributed by atoms with Crippen LogP contribution in [-0.4, -0.2) is 23.9 Å². The zero-order valence-corrected chi connectivity index (χ0v) is 17.2. The fourth-order valence-electron chi connectivity index (χ4n) is 2.86. The first-order valence-corrected chi connectivity index (χ1v) is 9.80. The molecular weight excluding hydrogens is 396 g/mol. The third kappa shape index (κ3) is 6.20. The standard InChI is InChI=1S/C23H24N4O4/c1-15(2)20(27-23(30)26-16-8-4-3-5-9-16)22(29)25-18-11-6-10-17(14-18)24-21(28)19-12-7-13-31-19/h3-15,20H,1-2H3,(H,24,28)(H,25,29)(H2,26,27,30)/t20-/m0/s1. The molecule has 31 heavy (non-hydrogen) atoms. The molecule has 0 spiro atoms. The van der Waals surface area contributed by atoms with E-state index >= 15 is 0 Å². The average molecular weight is 420 g/mol. The molecule has 0 aliphatic rings. The van der Waals surface area contributed by atoms with Crippen molar-refractivity contribution in [1.82, 2.24) is 5.32 Å². The van der Waals surface area contributed by atoms with Crippen molar-refractivity contribution in [3.05, 3.63) is 78.8 Å². The summed E-state index contributed by atoms with van der Waals surface area (Å²) in [7, 11) is 0. The molecule has 0 fully saturated rings. The molecule has 1 heterocycles. The number of furan rings is 1. The Morgan fingerprint density at radius 3 is 2.10 bits per heavy atom. The highest BCUT2D eigenvalue weighted by atomic mass is 16.3. The van der Waals surface area contributed by atoms with Crippen LogP contribution in [0, 0.1) is 5.92 Å². The van der Waals surface area contributed by atoms with E-state index in [-0.39, 0.29) is 17.6 Å². The Balaban J connectivity index is 1.62. The van der Waals surface area contributed by atoms with Crippen molar-refractivity contribution in [1.29, 1.82) is 0 Å². The van der Waals surface area contributed by atoms with Gasteiger partial charge in [0, 0.05) is 17.1 Å². The minimum absolute atomic E-state index is 0.150. The van der Waals surface area contributed by atoms with Crippen molar-refractivity contribution in [2.75, 3.05) is 16.0 Å². The summed E-state index contributed by atoms with van der Waals surface area (Å²) in [5.41, 5.74) is 1.61. The maximum Gasteiger partial charge on any atom is 0.319 e. The Kier molecular flexibility index (Phi) is 7.05. The number of urea groups is 1. The van der Waals surface area contributed by atoms with E-state index < -0.39 is 18.0 Å². The van der Waals surface area contributed by atoms with Crippen LogP contribution < -0.4 is 21.3 Å². The molecule has 0 aliphatic heterocycles. The van der Waals surface area contributed by atoms with E-state index in [1.54, 1.807) is 60.7 Å². The van der Waals surface area contributed by atoms with Crippen molar-refractivity contribution in [2.24, 2.45) is 5.92 Å². The summed E-state index contributed by atoms with van der Waals surface area (Å²) in [6.07, 6.45) is 1.42. The predicted molar refractivity (Wildman–Crippen MR) is 119 cm³/mol. The number of carbonyl (C=O) groups is 3. The molecule has 0 unspecified atom stereocenters. The van der Waals surface area contributed by atoms with Gasteiger partial charge in [0.15, 0.2) is 5.76 Å². The van der Waals surface area contributed by atoms with Gasteiger partial charge in [-0.2, -0.15) is 0 Å². The third-order valence-electron chi connectivity index (χ3n) is 4.40.